The Morgan fingerprint density at radius 2 is 2.24 bits per heavy atom. The molecule has 0 fully saturated rings. The van der Waals surface area contributed by atoms with E-state index < -0.39 is 0 Å². The van der Waals surface area contributed by atoms with Gasteiger partial charge in [-0.25, -0.2) is 0 Å². The van der Waals surface area contributed by atoms with Gasteiger partial charge in [-0.15, -0.1) is 0 Å². The van der Waals surface area contributed by atoms with Crippen molar-refractivity contribution in [1.29, 1.82) is 0 Å². The molecule has 2 heteroatoms. The summed E-state index contributed by atoms with van der Waals surface area (Å²) < 4.78 is 0. The molecule has 2 nitrogen and oxygen atoms in total. The summed E-state index contributed by atoms with van der Waals surface area (Å²) in [5.74, 6) is 0. The van der Waals surface area contributed by atoms with Crippen LogP contribution >= 0.6 is 0 Å². The minimum Gasteiger partial charge on any atom is -0.380 e. The maximum atomic E-state index is 3.63. The number of nitrogens with one attached hydrogen (secondary N) is 1. The van der Waals surface area contributed by atoms with Gasteiger partial charge in [-0.2, -0.15) is 0 Å². The summed E-state index contributed by atoms with van der Waals surface area (Å²) >= 11 is 0. The highest BCUT2D eigenvalue weighted by atomic mass is 15.2. The third-order valence-corrected chi connectivity index (χ3v) is 3.84. The van der Waals surface area contributed by atoms with Crippen LogP contribution in [-0.4, -0.2) is 30.6 Å². The fraction of sp³-hybridized carbons (Fsp3) is 0.467. The van der Waals surface area contributed by atoms with Crippen LogP contribution < -0.4 is 5.32 Å². The Labute approximate surface area is 103 Å². The number of nitrogens with zero attached hydrogens (tertiary/aromatic N) is 1. The predicted octanol–water partition coefficient (Wildman–Crippen LogP) is 2.68. The molecule has 2 heterocycles. The molecule has 1 atom stereocenters. The fourth-order valence-electron chi connectivity index (χ4n) is 2.78. The van der Waals surface area contributed by atoms with Crippen LogP contribution in [0.1, 0.15) is 18.9 Å². The Kier molecular flexibility index (Phi) is 2.89. The predicted molar refractivity (Wildman–Crippen MR) is 72.4 cm³/mol. The van der Waals surface area contributed by atoms with Crippen LogP contribution in [0.4, 0.5) is 5.69 Å². The average molecular weight is 228 g/mol. The number of fused-ring (bicyclic) bond motifs is 1. The van der Waals surface area contributed by atoms with Gasteiger partial charge in [0.25, 0.3) is 0 Å². The maximum absolute atomic E-state index is 3.63. The highest BCUT2D eigenvalue weighted by molar-refractivity contribution is 5.56. The lowest BCUT2D eigenvalue weighted by Crippen LogP contribution is -2.38. The quantitative estimate of drug-likeness (QED) is 0.783. The van der Waals surface area contributed by atoms with E-state index in [0.29, 0.717) is 6.04 Å². The highest BCUT2D eigenvalue weighted by Crippen LogP contribution is 2.25. The molecule has 1 N–H and O–H groups in total. The standard InChI is InChI=1S/C15H20N2/c1-12-6-8-17(9-7-12)11-14-10-13-4-2-3-5-15(13)16-14/h2-6,14,16H,7-11H2,1H3/t14-/m0/s1. The van der Waals surface area contributed by atoms with Crippen LogP contribution in [0, 0.1) is 0 Å². The van der Waals surface area contributed by atoms with Crippen molar-refractivity contribution in [2.45, 2.75) is 25.8 Å². The van der Waals surface area contributed by atoms with Gasteiger partial charge < -0.3 is 5.32 Å². The summed E-state index contributed by atoms with van der Waals surface area (Å²) in [7, 11) is 0. The zero-order valence-corrected chi connectivity index (χ0v) is 10.4. The first kappa shape index (κ1) is 10.8. The van der Waals surface area contributed by atoms with Crippen molar-refractivity contribution in [3.05, 3.63) is 41.5 Å². The third kappa shape index (κ3) is 2.37. The van der Waals surface area contributed by atoms with Crippen LogP contribution in [0.15, 0.2) is 35.9 Å². The Morgan fingerprint density at radius 1 is 1.35 bits per heavy atom. The highest BCUT2D eigenvalue weighted by Gasteiger charge is 2.22. The zero-order chi connectivity index (χ0) is 11.7. The van der Waals surface area contributed by atoms with Gasteiger partial charge in [0.15, 0.2) is 0 Å². The van der Waals surface area contributed by atoms with Gasteiger partial charge in [0.2, 0.25) is 0 Å². The molecule has 0 aliphatic carbocycles. The molecule has 0 bridgehead atoms. The van der Waals surface area contributed by atoms with Gasteiger partial charge in [-0.3, -0.25) is 4.90 Å². The second-order valence-corrected chi connectivity index (χ2v) is 5.26. The molecule has 17 heavy (non-hydrogen) atoms. The summed E-state index contributed by atoms with van der Waals surface area (Å²) in [5, 5.41) is 3.63. The Hall–Kier alpha value is -1.28. The van der Waals surface area contributed by atoms with E-state index in [2.05, 4.69) is 47.5 Å². The van der Waals surface area contributed by atoms with Crippen molar-refractivity contribution in [1.82, 2.24) is 4.90 Å². The number of hydrogen-bond donors (Lipinski definition) is 1. The second-order valence-electron chi connectivity index (χ2n) is 5.26. The first-order valence-electron chi connectivity index (χ1n) is 6.54. The van der Waals surface area contributed by atoms with Crippen molar-refractivity contribution in [2.75, 3.05) is 25.0 Å². The van der Waals surface area contributed by atoms with E-state index in [9.17, 15) is 0 Å². The molecule has 0 saturated carbocycles. The topological polar surface area (TPSA) is 15.3 Å². The zero-order valence-electron chi connectivity index (χ0n) is 10.4. The number of rotatable bonds is 2. The van der Waals surface area contributed by atoms with E-state index in [1.165, 1.54) is 37.2 Å². The van der Waals surface area contributed by atoms with Crippen molar-refractivity contribution in [2.24, 2.45) is 0 Å². The summed E-state index contributed by atoms with van der Waals surface area (Å²) in [6.45, 7) is 5.75. The molecule has 3 rings (SSSR count). The molecule has 0 unspecified atom stereocenters. The second kappa shape index (κ2) is 4.53. The number of hydrogen-bond acceptors (Lipinski definition) is 2. The summed E-state index contributed by atoms with van der Waals surface area (Å²) in [6.07, 6.45) is 4.78. The van der Waals surface area contributed by atoms with Gasteiger partial charge in [0.05, 0.1) is 0 Å². The van der Waals surface area contributed by atoms with E-state index in [1.54, 1.807) is 5.57 Å². The monoisotopic (exact) mass is 228 g/mol. The summed E-state index contributed by atoms with van der Waals surface area (Å²) in [5.41, 5.74) is 4.35. The van der Waals surface area contributed by atoms with Crippen LogP contribution in [0.5, 0.6) is 0 Å². The van der Waals surface area contributed by atoms with Crippen LogP contribution in [0.3, 0.4) is 0 Å². The van der Waals surface area contributed by atoms with E-state index in [1.807, 2.05) is 0 Å². The molecule has 90 valence electrons. The maximum Gasteiger partial charge on any atom is 0.0429 e. The molecule has 0 saturated heterocycles. The molecule has 0 spiro atoms. The molecule has 0 radical (unpaired) electrons. The molecule has 2 aliphatic heterocycles. The van der Waals surface area contributed by atoms with Gasteiger partial charge >= 0.3 is 0 Å². The fourth-order valence-corrected chi connectivity index (χ4v) is 2.78. The first-order chi connectivity index (χ1) is 8.31. The van der Waals surface area contributed by atoms with Crippen molar-refractivity contribution >= 4 is 5.69 Å². The number of anilines is 1. The van der Waals surface area contributed by atoms with Crippen molar-refractivity contribution in [3.63, 3.8) is 0 Å². The van der Waals surface area contributed by atoms with Crippen molar-refractivity contribution < 1.29 is 0 Å². The molecule has 1 aromatic carbocycles. The smallest absolute Gasteiger partial charge is 0.0429 e. The first-order valence-corrected chi connectivity index (χ1v) is 6.54. The minimum absolute atomic E-state index is 0.596. The number of benzene rings is 1. The van der Waals surface area contributed by atoms with E-state index in [4.69, 9.17) is 0 Å². The minimum atomic E-state index is 0.596. The third-order valence-electron chi connectivity index (χ3n) is 3.84. The Balaban J connectivity index is 1.59. The van der Waals surface area contributed by atoms with Crippen LogP contribution in [0.2, 0.25) is 0 Å². The van der Waals surface area contributed by atoms with E-state index >= 15 is 0 Å². The lowest BCUT2D eigenvalue weighted by atomic mass is 10.1. The molecular weight excluding hydrogens is 208 g/mol. The average Bonchev–Trinajstić information content (AvgIpc) is 2.74. The Morgan fingerprint density at radius 3 is 3.00 bits per heavy atom. The number of para-hydroxylation sites is 1. The summed E-state index contributed by atoms with van der Waals surface area (Å²) in [4.78, 5) is 2.55. The van der Waals surface area contributed by atoms with Gasteiger partial charge in [0, 0.05) is 31.4 Å². The van der Waals surface area contributed by atoms with E-state index in [-0.39, 0.29) is 0 Å². The molecule has 2 aliphatic rings. The summed E-state index contributed by atoms with van der Waals surface area (Å²) in [6, 6.07) is 9.27. The molecule has 0 amide bonds. The van der Waals surface area contributed by atoms with Gasteiger partial charge in [-0.1, -0.05) is 29.8 Å². The SMILES string of the molecule is CC1=CCN(C[C@@H]2Cc3ccccc3N2)CC1. The molecule has 0 aromatic heterocycles. The van der Waals surface area contributed by atoms with Crippen molar-refractivity contribution in [3.8, 4) is 0 Å². The Bertz CT molecular complexity index is 411. The van der Waals surface area contributed by atoms with Gasteiger partial charge in [-0.05, 0) is 31.4 Å². The lowest BCUT2D eigenvalue weighted by molar-refractivity contribution is 0.282. The molecule has 1 aromatic rings. The van der Waals surface area contributed by atoms with Crippen LogP contribution in [0.25, 0.3) is 0 Å². The molecular formula is C15H20N2. The van der Waals surface area contributed by atoms with Gasteiger partial charge in [0.1, 0.15) is 0 Å². The van der Waals surface area contributed by atoms with Crippen LogP contribution in [-0.2, 0) is 6.42 Å². The lowest BCUT2D eigenvalue weighted by Gasteiger charge is -2.28. The normalized spacial score (nSPS) is 24.1. The largest absolute Gasteiger partial charge is 0.380 e. The van der Waals surface area contributed by atoms with E-state index in [0.717, 1.165) is 6.54 Å².